The number of carbonyl (C=O) groups is 3. The topological polar surface area (TPSA) is 90.4 Å². The first-order chi connectivity index (χ1) is 21.9. The summed E-state index contributed by atoms with van der Waals surface area (Å²) in [6.45, 7) is 11.5. The van der Waals surface area contributed by atoms with Crippen LogP contribution in [0.5, 0.6) is 0 Å². The largest absolute Gasteiger partial charge is 0.394 e. The zero-order valence-electron chi connectivity index (χ0n) is 27.6. The van der Waals surface area contributed by atoms with Crippen LogP contribution in [0.1, 0.15) is 52.2 Å². The molecule has 244 valence electrons. The Morgan fingerprint density at radius 1 is 0.870 bits per heavy atom. The molecule has 6 atom stereocenters. The number of fused-ring (bicyclic) bond motifs is 2. The Bertz CT molecular complexity index is 1510. The Morgan fingerprint density at radius 3 is 2.15 bits per heavy atom. The Balaban J connectivity index is 1.43. The highest BCUT2D eigenvalue weighted by atomic mass is 16.5. The first-order valence-corrected chi connectivity index (χ1v) is 16.5. The van der Waals surface area contributed by atoms with Crippen LogP contribution in [-0.4, -0.2) is 86.6 Å². The van der Waals surface area contributed by atoms with Crippen LogP contribution in [0.3, 0.4) is 0 Å². The molecule has 2 aromatic carbocycles. The number of likely N-dealkylation sites (tertiary alicyclic amines) is 1. The Hall–Kier alpha value is -3.75. The summed E-state index contributed by atoms with van der Waals surface area (Å²) in [4.78, 5) is 49.6. The smallest absolute Gasteiger partial charge is 0.249 e. The molecule has 0 aliphatic carbocycles. The van der Waals surface area contributed by atoms with Crippen molar-refractivity contribution in [2.75, 3.05) is 19.7 Å². The van der Waals surface area contributed by atoms with E-state index in [4.69, 9.17) is 4.74 Å². The molecule has 1 N–H and O–H groups in total. The molecule has 2 aromatic rings. The summed E-state index contributed by atoms with van der Waals surface area (Å²) < 4.78 is 6.87. The molecule has 2 saturated heterocycles. The maximum absolute atomic E-state index is 15.0. The second-order valence-electron chi connectivity index (χ2n) is 15.1. The Morgan fingerprint density at radius 2 is 1.52 bits per heavy atom. The van der Waals surface area contributed by atoms with Gasteiger partial charge in [-0.2, -0.15) is 0 Å². The van der Waals surface area contributed by atoms with Gasteiger partial charge in [-0.05, 0) is 43.2 Å². The molecule has 0 radical (unpaired) electrons. The summed E-state index contributed by atoms with van der Waals surface area (Å²) in [5.74, 6) is -2.40. The predicted molar refractivity (Wildman–Crippen MR) is 176 cm³/mol. The third kappa shape index (κ3) is 5.71. The van der Waals surface area contributed by atoms with Crippen LogP contribution in [-0.2, 0) is 32.1 Å². The summed E-state index contributed by atoms with van der Waals surface area (Å²) in [6.07, 6.45) is 8.12. The van der Waals surface area contributed by atoms with E-state index in [2.05, 4.69) is 34.6 Å². The maximum Gasteiger partial charge on any atom is 0.249 e. The number of hydrogen-bond donors (Lipinski definition) is 1. The number of benzene rings is 2. The lowest BCUT2D eigenvalue weighted by Gasteiger charge is -2.45. The molecule has 4 aliphatic heterocycles. The van der Waals surface area contributed by atoms with E-state index in [1.807, 2.05) is 89.9 Å². The molecule has 6 rings (SSSR count). The quantitative estimate of drug-likeness (QED) is 0.440. The van der Waals surface area contributed by atoms with E-state index in [0.29, 0.717) is 26.1 Å². The number of carbonyl (C=O) groups excluding carboxylic acids is 3. The number of aliphatic hydroxyl groups is 1. The molecule has 4 aliphatic rings. The van der Waals surface area contributed by atoms with Gasteiger partial charge in [-0.3, -0.25) is 14.4 Å². The van der Waals surface area contributed by atoms with E-state index in [9.17, 15) is 14.7 Å². The number of amides is 3. The zero-order chi connectivity index (χ0) is 32.9. The second kappa shape index (κ2) is 12.1. The van der Waals surface area contributed by atoms with Crippen LogP contribution in [0, 0.1) is 17.3 Å². The van der Waals surface area contributed by atoms with Gasteiger partial charge in [0.2, 0.25) is 17.7 Å². The third-order valence-corrected chi connectivity index (χ3v) is 10.0. The molecule has 0 bridgehead atoms. The van der Waals surface area contributed by atoms with Crippen molar-refractivity contribution in [3.8, 4) is 0 Å². The summed E-state index contributed by atoms with van der Waals surface area (Å²) in [6, 6.07) is 17.8. The number of nitrogens with zero attached hydrogens (tertiary/aromatic N) is 3. The van der Waals surface area contributed by atoms with Crippen LogP contribution in [0.15, 0.2) is 85.0 Å². The fraction of sp³-hybridized carbons (Fsp3) is 0.500. The van der Waals surface area contributed by atoms with Gasteiger partial charge in [0.05, 0.1) is 30.6 Å². The molecule has 0 aromatic heterocycles. The Labute approximate surface area is 272 Å². The average molecular weight is 626 g/mol. The van der Waals surface area contributed by atoms with Crippen molar-refractivity contribution in [3.05, 3.63) is 96.1 Å². The minimum Gasteiger partial charge on any atom is -0.394 e. The number of rotatable bonds is 8. The van der Waals surface area contributed by atoms with Crippen LogP contribution < -0.4 is 0 Å². The molecular weight excluding hydrogens is 578 g/mol. The predicted octanol–water partition coefficient (Wildman–Crippen LogP) is 4.38. The van der Waals surface area contributed by atoms with Crippen molar-refractivity contribution in [2.24, 2.45) is 17.3 Å². The van der Waals surface area contributed by atoms with Gasteiger partial charge in [0.25, 0.3) is 0 Å². The fourth-order valence-electron chi connectivity index (χ4n) is 8.54. The summed E-state index contributed by atoms with van der Waals surface area (Å²) in [5.41, 5.74) is 0.0109. The fourth-order valence-corrected chi connectivity index (χ4v) is 8.54. The van der Waals surface area contributed by atoms with E-state index >= 15 is 4.79 Å². The van der Waals surface area contributed by atoms with Crippen LogP contribution in [0.25, 0.3) is 0 Å². The van der Waals surface area contributed by atoms with Gasteiger partial charge in [-0.15, -0.1) is 0 Å². The summed E-state index contributed by atoms with van der Waals surface area (Å²) in [7, 11) is 0. The third-order valence-electron chi connectivity index (χ3n) is 10.0. The van der Waals surface area contributed by atoms with E-state index in [0.717, 1.165) is 17.5 Å². The van der Waals surface area contributed by atoms with Gasteiger partial charge < -0.3 is 24.5 Å². The summed E-state index contributed by atoms with van der Waals surface area (Å²) >= 11 is 0. The first-order valence-electron chi connectivity index (χ1n) is 16.5. The van der Waals surface area contributed by atoms with Gasteiger partial charge in [-0.1, -0.05) is 106 Å². The lowest BCUT2D eigenvalue weighted by atomic mass is 9.77. The number of aliphatic hydroxyl groups excluding tert-OH is 1. The van der Waals surface area contributed by atoms with Crippen molar-refractivity contribution in [1.29, 1.82) is 0 Å². The highest BCUT2D eigenvalue weighted by molar-refractivity contribution is 6.00. The molecule has 8 nitrogen and oxygen atoms in total. The molecular formula is C38H47N3O5. The molecule has 4 heterocycles. The molecule has 46 heavy (non-hydrogen) atoms. The van der Waals surface area contributed by atoms with Gasteiger partial charge in [0.1, 0.15) is 11.6 Å². The first kappa shape index (κ1) is 32.2. The highest BCUT2D eigenvalue weighted by Gasteiger charge is 2.73. The molecule has 8 heteroatoms. The van der Waals surface area contributed by atoms with Gasteiger partial charge in [0, 0.05) is 25.2 Å². The highest BCUT2D eigenvalue weighted by Crippen LogP contribution is 2.54. The molecule has 1 spiro atoms. The minimum absolute atomic E-state index is 0.0530. The van der Waals surface area contributed by atoms with Gasteiger partial charge in [-0.25, -0.2) is 0 Å². The molecule has 0 saturated carbocycles. The van der Waals surface area contributed by atoms with Crippen molar-refractivity contribution in [2.45, 2.75) is 83.3 Å². The molecule has 2 fully saturated rings. The van der Waals surface area contributed by atoms with Crippen molar-refractivity contribution in [1.82, 2.24) is 14.7 Å². The van der Waals surface area contributed by atoms with Gasteiger partial charge in [0.15, 0.2) is 0 Å². The zero-order valence-corrected chi connectivity index (χ0v) is 27.6. The number of ether oxygens (including phenoxy) is 1. The average Bonchev–Trinajstić information content (AvgIpc) is 3.32. The minimum atomic E-state index is -1.35. The van der Waals surface area contributed by atoms with Crippen molar-refractivity contribution in [3.63, 3.8) is 0 Å². The van der Waals surface area contributed by atoms with E-state index < -0.39 is 41.2 Å². The van der Waals surface area contributed by atoms with Crippen LogP contribution in [0.2, 0.25) is 0 Å². The lowest BCUT2D eigenvalue weighted by molar-refractivity contribution is -0.155. The normalized spacial score (nSPS) is 28.6. The van der Waals surface area contributed by atoms with Crippen molar-refractivity contribution < 1.29 is 24.2 Å². The van der Waals surface area contributed by atoms with Crippen molar-refractivity contribution >= 4 is 17.7 Å². The van der Waals surface area contributed by atoms with Crippen LogP contribution >= 0.6 is 0 Å². The molecule has 3 amide bonds. The van der Waals surface area contributed by atoms with Crippen LogP contribution in [0.4, 0.5) is 0 Å². The van der Waals surface area contributed by atoms with E-state index in [-0.39, 0.29) is 29.7 Å². The standard InChI is InChI=1S/C38H47N3O5/c1-36(2,3)25-37(4,5)40-21-13-19-38-31(30-29(46-38)18-12-20-39(33(30)43)23-27-16-10-7-11-17-27)34(44)41(32(38)35(40)45)28(24-42)22-26-14-8-6-9-15-26/h6-19,28-32,42H,20-25H2,1-5H3/t28-,29-,30+,31+,32?,38+/m1/s1. The molecule has 1 unspecified atom stereocenters. The number of hydrogen-bond acceptors (Lipinski definition) is 5. The van der Waals surface area contributed by atoms with Gasteiger partial charge >= 0.3 is 0 Å². The monoisotopic (exact) mass is 625 g/mol. The second-order valence-corrected chi connectivity index (χ2v) is 15.1. The van der Waals surface area contributed by atoms with E-state index in [1.54, 1.807) is 9.80 Å². The SMILES string of the molecule is CC(C)(C)CC(C)(C)N1CC=C[C@]23O[C@@H]4C=CCN(Cc5ccccc5)C(=O)[C@@H]4[C@H]2C(=O)N([C@@H](CO)Cc2ccccc2)C3C1=O. The Kier molecular flexibility index (Phi) is 8.49. The summed E-state index contributed by atoms with van der Waals surface area (Å²) in [5, 5.41) is 10.8. The lowest BCUT2D eigenvalue weighted by Crippen LogP contribution is -2.62. The maximum atomic E-state index is 15.0. The van der Waals surface area contributed by atoms with E-state index in [1.165, 1.54) is 0 Å².